The summed E-state index contributed by atoms with van der Waals surface area (Å²) in [5.41, 5.74) is 0. The highest BCUT2D eigenvalue weighted by molar-refractivity contribution is 9.11. The molecule has 0 radical (unpaired) electrons. The summed E-state index contributed by atoms with van der Waals surface area (Å²) in [5.74, 6) is 0.320. The minimum atomic E-state index is -3.56. The molecule has 0 amide bonds. The molecule has 0 aliphatic heterocycles. The number of hydrogen-bond donors (Lipinski definition) is 2. The predicted octanol–water partition coefficient (Wildman–Crippen LogP) is 2.50. The fourth-order valence-electron chi connectivity index (χ4n) is 1.71. The van der Waals surface area contributed by atoms with Crippen LogP contribution in [0.1, 0.15) is 25.1 Å². The van der Waals surface area contributed by atoms with Crippen molar-refractivity contribution in [1.82, 2.24) is 4.72 Å². The molecule has 1 aromatic rings. The van der Waals surface area contributed by atoms with Gasteiger partial charge in [0.15, 0.2) is 0 Å². The Kier molecular flexibility index (Phi) is 5.79. The van der Waals surface area contributed by atoms with Gasteiger partial charge in [0, 0.05) is 10.9 Å². The number of thiophene rings is 1. The predicted molar refractivity (Wildman–Crippen MR) is 77.4 cm³/mol. The van der Waals surface area contributed by atoms with Crippen molar-refractivity contribution in [2.45, 2.75) is 38.1 Å². The molecule has 104 valence electrons. The van der Waals surface area contributed by atoms with E-state index in [1.54, 1.807) is 13.0 Å². The van der Waals surface area contributed by atoms with E-state index in [0.29, 0.717) is 12.3 Å². The van der Waals surface area contributed by atoms with Crippen LogP contribution < -0.4 is 4.72 Å². The molecule has 0 aliphatic rings. The van der Waals surface area contributed by atoms with Crippen LogP contribution in [-0.4, -0.2) is 26.2 Å². The van der Waals surface area contributed by atoms with Gasteiger partial charge in [0.1, 0.15) is 0 Å². The van der Waals surface area contributed by atoms with E-state index in [1.807, 2.05) is 13.8 Å². The van der Waals surface area contributed by atoms with Gasteiger partial charge in [-0.05, 0) is 41.3 Å². The molecule has 0 spiro atoms. The Hall–Kier alpha value is 0.0500. The number of nitrogens with one attached hydrogen (secondary N) is 1. The average molecular weight is 356 g/mol. The number of aryl methyl sites for hydroxylation is 1. The van der Waals surface area contributed by atoms with Crippen LogP contribution >= 0.6 is 27.3 Å². The molecule has 2 N–H and O–H groups in total. The molecule has 0 aromatic carbocycles. The van der Waals surface area contributed by atoms with Crippen molar-refractivity contribution in [3.8, 4) is 0 Å². The molecule has 7 heteroatoms. The zero-order valence-corrected chi connectivity index (χ0v) is 13.8. The number of sulfonamides is 1. The van der Waals surface area contributed by atoms with Crippen LogP contribution in [0.2, 0.25) is 0 Å². The van der Waals surface area contributed by atoms with Crippen LogP contribution in [0.25, 0.3) is 0 Å². The van der Waals surface area contributed by atoms with Gasteiger partial charge in [-0.3, -0.25) is 0 Å². The largest absolute Gasteiger partial charge is 0.395 e. The lowest BCUT2D eigenvalue weighted by Gasteiger charge is -2.18. The van der Waals surface area contributed by atoms with E-state index < -0.39 is 16.1 Å². The number of aliphatic hydroxyl groups is 1. The van der Waals surface area contributed by atoms with Crippen molar-refractivity contribution in [3.05, 3.63) is 14.7 Å². The van der Waals surface area contributed by atoms with Crippen LogP contribution in [0.4, 0.5) is 0 Å². The van der Waals surface area contributed by atoms with Crippen LogP contribution in [-0.2, 0) is 10.0 Å². The zero-order chi connectivity index (χ0) is 13.9. The molecule has 1 unspecified atom stereocenters. The molecule has 1 aromatic heterocycles. The molecule has 0 aliphatic carbocycles. The second-order valence-corrected chi connectivity index (χ2v) is 8.92. The first-order valence-electron chi connectivity index (χ1n) is 5.65. The lowest BCUT2D eigenvalue weighted by Crippen LogP contribution is -2.38. The molecule has 0 fully saturated rings. The second kappa shape index (κ2) is 6.47. The van der Waals surface area contributed by atoms with Crippen LogP contribution in [0.3, 0.4) is 0 Å². The SMILES string of the molecule is Cc1sc(Br)cc1S(=O)(=O)NC(CO)CC(C)C. The van der Waals surface area contributed by atoms with E-state index in [4.69, 9.17) is 0 Å². The summed E-state index contributed by atoms with van der Waals surface area (Å²) >= 11 is 4.66. The Bertz CT molecular complexity index is 496. The minimum absolute atomic E-state index is 0.193. The standard InChI is InChI=1S/C11H18BrNO3S2/c1-7(2)4-9(6-14)13-18(15,16)10-5-11(12)17-8(10)3/h5,7,9,13-14H,4,6H2,1-3H3. The maximum atomic E-state index is 12.2. The van der Waals surface area contributed by atoms with E-state index in [1.165, 1.54) is 11.3 Å². The molecule has 0 saturated heterocycles. The van der Waals surface area contributed by atoms with E-state index >= 15 is 0 Å². The van der Waals surface area contributed by atoms with Crippen LogP contribution in [0.5, 0.6) is 0 Å². The Balaban J connectivity index is 2.90. The third-order valence-corrected chi connectivity index (χ3v) is 5.76. The minimum Gasteiger partial charge on any atom is -0.395 e. The zero-order valence-electron chi connectivity index (χ0n) is 10.6. The number of halogens is 1. The molecular weight excluding hydrogens is 338 g/mol. The Labute approximate surface area is 121 Å². The van der Waals surface area contributed by atoms with E-state index in [2.05, 4.69) is 20.7 Å². The van der Waals surface area contributed by atoms with Gasteiger partial charge in [-0.15, -0.1) is 11.3 Å². The summed E-state index contributed by atoms with van der Waals surface area (Å²) in [6.45, 7) is 5.55. The number of rotatable bonds is 6. The van der Waals surface area contributed by atoms with Gasteiger partial charge in [0.05, 0.1) is 15.3 Å². The van der Waals surface area contributed by atoms with Crippen molar-refractivity contribution in [1.29, 1.82) is 0 Å². The van der Waals surface area contributed by atoms with Gasteiger partial charge in [0.2, 0.25) is 10.0 Å². The molecule has 0 saturated carbocycles. The molecule has 4 nitrogen and oxygen atoms in total. The summed E-state index contributed by atoms with van der Waals surface area (Å²) in [5, 5.41) is 9.23. The van der Waals surface area contributed by atoms with Crippen LogP contribution in [0, 0.1) is 12.8 Å². The van der Waals surface area contributed by atoms with Crippen molar-refractivity contribution in [2.75, 3.05) is 6.61 Å². The van der Waals surface area contributed by atoms with E-state index in [-0.39, 0.29) is 11.5 Å². The number of aliphatic hydroxyl groups excluding tert-OH is 1. The lowest BCUT2D eigenvalue weighted by atomic mass is 10.1. The highest BCUT2D eigenvalue weighted by Gasteiger charge is 2.23. The first kappa shape index (κ1) is 16.1. The smallest absolute Gasteiger partial charge is 0.242 e. The maximum Gasteiger partial charge on any atom is 0.242 e. The monoisotopic (exact) mass is 355 g/mol. The fourth-order valence-corrected chi connectivity index (χ4v) is 5.36. The summed E-state index contributed by atoms with van der Waals surface area (Å²) in [6.07, 6.45) is 0.611. The van der Waals surface area contributed by atoms with Crippen LogP contribution in [0.15, 0.2) is 14.7 Å². The van der Waals surface area contributed by atoms with Gasteiger partial charge in [-0.1, -0.05) is 13.8 Å². The van der Waals surface area contributed by atoms with Gasteiger partial charge in [0.25, 0.3) is 0 Å². The Morgan fingerprint density at radius 3 is 2.50 bits per heavy atom. The van der Waals surface area contributed by atoms with Gasteiger partial charge >= 0.3 is 0 Å². The van der Waals surface area contributed by atoms with Gasteiger partial charge in [-0.25, -0.2) is 13.1 Å². The summed E-state index contributed by atoms with van der Waals surface area (Å²) in [6, 6.07) is 1.15. The van der Waals surface area contributed by atoms with Crippen molar-refractivity contribution in [3.63, 3.8) is 0 Å². The van der Waals surface area contributed by atoms with Crippen molar-refractivity contribution in [2.24, 2.45) is 5.92 Å². The summed E-state index contributed by atoms with van der Waals surface area (Å²) in [4.78, 5) is 1.01. The third kappa shape index (κ3) is 4.31. The average Bonchev–Trinajstić information content (AvgIpc) is 2.56. The summed E-state index contributed by atoms with van der Waals surface area (Å²) < 4.78 is 27.7. The lowest BCUT2D eigenvalue weighted by molar-refractivity contribution is 0.240. The molecule has 1 atom stereocenters. The normalized spacial score (nSPS) is 14.1. The molecule has 1 rings (SSSR count). The molecule has 1 heterocycles. The first-order chi connectivity index (χ1) is 8.26. The van der Waals surface area contributed by atoms with E-state index in [0.717, 1.165) is 8.66 Å². The number of hydrogen-bond acceptors (Lipinski definition) is 4. The summed E-state index contributed by atoms with van der Waals surface area (Å²) in [7, 11) is -3.56. The second-order valence-electron chi connectivity index (χ2n) is 4.60. The molecule has 18 heavy (non-hydrogen) atoms. The highest BCUT2D eigenvalue weighted by Crippen LogP contribution is 2.29. The fraction of sp³-hybridized carbons (Fsp3) is 0.636. The van der Waals surface area contributed by atoms with Crippen molar-refractivity contribution < 1.29 is 13.5 Å². The van der Waals surface area contributed by atoms with Crippen molar-refractivity contribution >= 4 is 37.3 Å². The quantitative estimate of drug-likeness (QED) is 0.823. The van der Waals surface area contributed by atoms with Gasteiger partial charge < -0.3 is 5.11 Å². The first-order valence-corrected chi connectivity index (χ1v) is 8.74. The third-order valence-electron chi connectivity index (χ3n) is 2.43. The molecular formula is C11H18BrNO3S2. The Morgan fingerprint density at radius 1 is 1.50 bits per heavy atom. The Morgan fingerprint density at radius 2 is 2.11 bits per heavy atom. The molecule has 0 bridgehead atoms. The van der Waals surface area contributed by atoms with E-state index in [9.17, 15) is 13.5 Å². The highest BCUT2D eigenvalue weighted by atomic mass is 79.9. The van der Waals surface area contributed by atoms with Gasteiger partial charge in [-0.2, -0.15) is 0 Å². The topological polar surface area (TPSA) is 66.4 Å². The maximum absolute atomic E-state index is 12.2.